The minimum absolute atomic E-state index is 0.0570. The van der Waals surface area contributed by atoms with Gasteiger partial charge in [0.05, 0.1) is 19.1 Å². The third-order valence-electron chi connectivity index (χ3n) is 3.18. The molecule has 1 heterocycles. The summed E-state index contributed by atoms with van der Waals surface area (Å²) in [6.07, 6.45) is 1.66. The van der Waals surface area contributed by atoms with E-state index < -0.39 is 0 Å². The van der Waals surface area contributed by atoms with Gasteiger partial charge in [-0.2, -0.15) is 0 Å². The van der Waals surface area contributed by atoms with Crippen LogP contribution in [0.2, 0.25) is 0 Å². The highest BCUT2D eigenvalue weighted by molar-refractivity contribution is 5.96. The van der Waals surface area contributed by atoms with E-state index in [1.165, 1.54) is 6.92 Å². The van der Waals surface area contributed by atoms with Crippen LogP contribution in [0.1, 0.15) is 43.4 Å². The summed E-state index contributed by atoms with van der Waals surface area (Å²) in [5.41, 5.74) is 2.14. The maximum atomic E-state index is 11.8. The number of carbonyl (C=O) groups is 2. The molecule has 0 saturated carbocycles. The number of aryl methyl sites for hydroxylation is 1. The van der Waals surface area contributed by atoms with Crippen LogP contribution in [0.3, 0.4) is 0 Å². The van der Waals surface area contributed by atoms with Gasteiger partial charge in [-0.25, -0.2) is 0 Å². The lowest BCUT2D eigenvalue weighted by Crippen LogP contribution is -2.29. The standard InChI is InChI=1S/C15H19NO3/c1-10-5-6-14-12(8-10)13(4-3-7-19-14)16-15(18)9-11(2)17/h5-6,8,13H,3-4,7,9H2,1-2H3,(H,16,18). The van der Waals surface area contributed by atoms with E-state index in [9.17, 15) is 9.59 Å². The van der Waals surface area contributed by atoms with Gasteiger partial charge in [0.2, 0.25) is 5.91 Å². The van der Waals surface area contributed by atoms with Gasteiger partial charge >= 0.3 is 0 Å². The fourth-order valence-corrected chi connectivity index (χ4v) is 2.32. The number of ketones is 1. The second-order valence-corrected chi connectivity index (χ2v) is 5.03. The first kappa shape index (κ1) is 13.6. The lowest BCUT2D eigenvalue weighted by Gasteiger charge is -2.18. The summed E-state index contributed by atoms with van der Waals surface area (Å²) in [5.74, 6) is 0.495. The molecule has 0 fully saturated rings. The van der Waals surface area contributed by atoms with E-state index in [2.05, 4.69) is 5.32 Å². The van der Waals surface area contributed by atoms with Crippen LogP contribution in [-0.2, 0) is 9.59 Å². The lowest BCUT2D eigenvalue weighted by atomic mass is 10.00. The number of amides is 1. The van der Waals surface area contributed by atoms with Crippen LogP contribution in [0.15, 0.2) is 18.2 Å². The molecular formula is C15H19NO3. The summed E-state index contributed by atoms with van der Waals surface area (Å²) >= 11 is 0. The van der Waals surface area contributed by atoms with E-state index in [-0.39, 0.29) is 24.2 Å². The molecule has 1 atom stereocenters. The maximum Gasteiger partial charge on any atom is 0.227 e. The first-order valence-electron chi connectivity index (χ1n) is 6.58. The molecule has 1 aliphatic heterocycles. The second kappa shape index (κ2) is 5.87. The van der Waals surface area contributed by atoms with Gasteiger partial charge in [0.25, 0.3) is 0 Å². The Bertz CT molecular complexity index is 496. The van der Waals surface area contributed by atoms with Gasteiger partial charge in [-0.15, -0.1) is 0 Å². The molecule has 1 N–H and O–H groups in total. The number of benzene rings is 1. The summed E-state index contributed by atoms with van der Waals surface area (Å²) in [7, 11) is 0. The Morgan fingerprint density at radius 2 is 2.21 bits per heavy atom. The molecular weight excluding hydrogens is 242 g/mol. The minimum Gasteiger partial charge on any atom is -0.493 e. The van der Waals surface area contributed by atoms with Crippen LogP contribution in [0.5, 0.6) is 5.75 Å². The molecule has 0 bridgehead atoms. The summed E-state index contributed by atoms with van der Waals surface area (Å²) in [4.78, 5) is 22.7. The van der Waals surface area contributed by atoms with Crippen molar-refractivity contribution in [3.8, 4) is 5.75 Å². The van der Waals surface area contributed by atoms with Gasteiger partial charge in [-0.05, 0) is 32.8 Å². The topological polar surface area (TPSA) is 55.4 Å². The molecule has 0 aromatic heterocycles. The molecule has 19 heavy (non-hydrogen) atoms. The molecule has 102 valence electrons. The van der Waals surface area contributed by atoms with Gasteiger partial charge in [0, 0.05) is 5.56 Å². The molecule has 1 aromatic carbocycles. The fraction of sp³-hybridized carbons (Fsp3) is 0.467. The smallest absolute Gasteiger partial charge is 0.227 e. The Labute approximate surface area is 113 Å². The van der Waals surface area contributed by atoms with Crippen molar-refractivity contribution in [2.45, 2.75) is 39.2 Å². The monoisotopic (exact) mass is 261 g/mol. The number of hydrogen-bond acceptors (Lipinski definition) is 3. The molecule has 4 heteroatoms. The Morgan fingerprint density at radius 1 is 1.42 bits per heavy atom. The number of rotatable bonds is 3. The summed E-state index contributed by atoms with van der Waals surface area (Å²) in [5, 5.41) is 2.93. The highest BCUT2D eigenvalue weighted by Crippen LogP contribution is 2.32. The van der Waals surface area contributed by atoms with E-state index >= 15 is 0 Å². The third-order valence-corrected chi connectivity index (χ3v) is 3.18. The van der Waals surface area contributed by atoms with Crippen molar-refractivity contribution in [3.05, 3.63) is 29.3 Å². The summed E-state index contributed by atoms with van der Waals surface area (Å²) in [6, 6.07) is 5.92. The van der Waals surface area contributed by atoms with E-state index in [0.29, 0.717) is 6.61 Å². The van der Waals surface area contributed by atoms with E-state index in [1.807, 2.05) is 25.1 Å². The minimum atomic E-state index is -0.216. The predicted octanol–water partition coefficient (Wildman–Crippen LogP) is 2.30. The number of fused-ring (bicyclic) bond motifs is 1. The average Bonchev–Trinajstić information content (AvgIpc) is 2.51. The van der Waals surface area contributed by atoms with Gasteiger partial charge < -0.3 is 10.1 Å². The van der Waals surface area contributed by atoms with Gasteiger partial charge in [-0.1, -0.05) is 17.7 Å². The maximum absolute atomic E-state index is 11.8. The summed E-state index contributed by atoms with van der Waals surface area (Å²) in [6.45, 7) is 4.10. The van der Waals surface area contributed by atoms with Crippen LogP contribution in [0.4, 0.5) is 0 Å². The molecule has 1 amide bonds. The van der Waals surface area contributed by atoms with Crippen LogP contribution in [-0.4, -0.2) is 18.3 Å². The van der Waals surface area contributed by atoms with Crippen molar-refractivity contribution in [1.82, 2.24) is 5.32 Å². The molecule has 0 saturated heterocycles. The molecule has 1 aromatic rings. The van der Waals surface area contributed by atoms with Crippen LogP contribution in [0.25, 0.3) is 0 Å². The highest BCUT2D eigenvalue weighted by atomic mass is 16.5. The molecule has 0 spiro atoms. The van der Waals surface area contributed by atoms with Crippen LogP contribution in [0, 0.1) is 6.92 Å². The van der Waals surface area contributed by atoms with Crippen molar-refractivity contribution in [2.24, 2.45) is 0 Å². The van der Waals surface area contributed by atoms with Crippen molar-refractivity contribution < 1.29 is 14.3 Å². The van der Waals surface area contributed by atoms with E-state index in [4.69, 9.17) is 4.74 Å². The average molecular weight is 261 g/mol. The zero-order valence-electron chi connectivity index (χ0n) is 11.4. The zero-order valence-corrected chi connectivity index (χ0v) is 11.4. The first-order valence-corrected chi connectivity index (χ1v) is 6.58. The Balaban J connectivity index is 2.19. The van der Waals surface area contributed by atoms with Gasteiger partial charge in [0.1, 0.15) is 11.5 Å². The second-order valence-electron chi connectivity index (χ2n) is 5.03. The van der Waals surface area contributed by atoms with Crippen molar-refractivity contribution in [3.63, 3.8) is 0 Å². The summed E-state index contributed by atoms with van der Waals surface area (Å²) < 4.78 is 5.68. The molecule has 1 aliphatic rings. The lowest BCUT2D eigenvalue weighted by molar-refractivity contribution is -0.127. The quantitative estimate of drug-likeness (QED) is 0.849. The van der Waals surface area contributed by atoms with Crippen molar-refractivity contribution >= 4 is 11.7 Å². The highest BCUT2D eigenvalue weighted by Gasteiger charge is 2.21. The van der Waals surface area contributed by atoms with E-state index in [0.717, 1.165) is 29.7 Å². The SMILES string of the molecule is CC(=O)CC(=O)NC1CCCOc2ccc(C)cc21. The first-order chi connectivity index (χ1) is 9.06. The number of hydrogen-bond donors (Lipinski definition) is 1. The number of Topliss-reactive ketones (excluding diaryl/α,β-unsaturated/α-hetero) is 1. The van der Waals surface area contributed by atoms with Gasteiger partial charge in [0.15, 0.2) is 0 Å². The molecule has 2 rings (SSSR count). The van der Waals surface area contributed by atoms with Crippen molar-refractivity contribution in [2.75, 3.05) is 6.61 Å². The van der Waals surface area contributed by atoms with Crippen LogP contribution < -0.4 is 10.1 Å². The third kappa shape index (κ3) is 3.56. The zero-order chi connectivity index (χ0) is 13.8. The number of ether oxygens (including phenoxy) is 1. The Kier molecular flexibility index (Phi) is 4.20. The Hall–Kier alpha value is -1.84. The van der Waals surface area contributed by atoms with E-state index in [1.54, 1.807) is 0 Å². The largest absolute Gasteiger partial charge is 0.493 e. The van der Waals surface area contributed by atoms with Gasteiger partial charge in [-0.3, -0.25) is 9.59 Å². The molecule has 0 aliphatic carbocycles. The number of nitrogens with one attached hydrogen (secondary N) is 1. The molecule has 0 radical (unpaired) electrons. The normalized spacial score (nSPS) is 17.9. The predicted molar refractivity (Wildman–Crippen MR) is 72.1 cm³/mol. The number of carbonyl (C=O) groups excluding carboxylic acids is 2. The fourth-order valence-electron chi connectivity index (χ4n) is 2.32. The van der Waals surface area contributed by atoms with Crippen LogP contribution >= 0.6 is 0 Å². The molecule has 4 nitrogen and oxygen atoms in total. The van der Waals surface area contributed by atoms with Crippen molar-refractivity contribution in [1.29, 1.82) is 0 Å². The Morgan fingerprint density at radius 3 is 2.95 bits per heavy atom. The molecule has 1 unspecified atom stereocenters.